The first-order valence-electron chi connectivity index (χ1n) is 17.9. The minimum absolute atomic E-state index is 0.0413. The van der Waals surface area contributed by atoms with Crippen LogP contribution in [0.15, 0.2) is 36.4 Å². The van der Waals surface area contributed by atoms with Crippen molar-refractivity contribution in [3.8, 4) is 22.6 Å². The molecule has 0 aliphatic heterocycles. The summed E-state index contributed by atoms with van der Waals surface area (Å²) < 4.78 is 33.2. The molecule has 0 spiro atoms. The van der Waals surface area contributed by atoms with E-state index < -0.39 is 0 Å². The number of hydrogen-bond acceptors (Lipinski definition) is 8. The third-order valence-electron chi connectivity index (χ3n) is 6.89. The molecule has 0 fully saturated rings. The van der Waals surface area contributed by atoms with E-state index in [9.17, 15) is 5.11 Å². The molecule has 8 heteroatoms. The van der Waals surface area contributed by atoms with E-state index in [0.717, 1.165) is 36.1 Å². The lowest BCUT2D eigenvalue weighted by Crippen LogP contribution is -2.27. The second-order valence-corrected chi connectivity index (χ2v) is 12.5. The van der Waals surface area contributed by atoms with Crippen LogP contribution in [0.4, 0.5) is 0 Å². The summed E-state index contributed by atoms with van der Waals surface area (Å²) in [4.78, 5) is 0. The van der Waals surface area contributed by atoms with Gasteiger partial charge in [-0.05, 0) is 80.7 Å². The smallest absolute Gasteiger partial charge is 0.130 e. The van der Waals surface area contributed by atoms with E-state index in [-0.39, 0.29) is 24.9 Å². The Kier molecular flexibility index (Phi) is 29.6. The molecule has 0 saturated heterocycles. The predicted molar refractivity (Wildman–Crippen MR) is 200 cm³/mol. The van der Waals surface area contributed by atoms with Crippen molar-refractivity contribution in [2.75, 3.05) is 60.5 Å². The van der Waals surface area contributed by atoms with Gasteiger partial charge < -0.3 is 38.6 Å². The van der Waals surface area contributed by atoms with Crippen LogP contribution in [0.2, 0.25) is 0 Å². The molecule has 1 atom stereocenters. The van der Waals surface area contributed by atoms with Crippen LogP contribution < -0.4 is 9.47 Å². The van der Waals surface area contributed by atoms with Crippen molar-refractivity contribution in [3.63, 3.8) is 0 Å². The molecule has 0 bridgehead atoms. The Balaban J connectivity index is 0. The van der Waals surface area contributed by atoms with Crippen LogP contribution in [0.1, 0.15) is 100 Å². The van der Waals surface area contributed by atoms with Gasteiger partial charge in [-0.2, -0.15) is 0 Å². The monoisotopic (exact) mass is 681 g/mol. The van der Waals surface area contributed by atoms with Crippen LogP contribution in [0.25, 0.3) is 11.1 Å². The molecule has 0 aliphatic carbocycles. The maximum absolute atomic E-state index is 9.35. The van der Waals surface area contributed by atoms with Crippen LogP contribution in [0.3, 0.4) is 0 Å². The molecular weight excluding hydrogens is 608 g/mol. The molecular formula is C40H72O8. The Labute approximate surface area is 294 Å². The summed E-state index contributed by atoms with van der Waals surface area (Å²) in [5, 5.41) is 18.2. The van der Waals surface area contributed by atoms with Crippen molar-refractivity contribution in [1.29, 1.82) is 0 Å². The van der Waals surface area contributed by atoms with Gasteiger partial charge in [0.15, 0.2) is 0 Å². The van der Waals surface area contributed by atoms with Crippen molar-refractivity contribution in [1.82, 2.24) is 0 Å². The van der Waals surface area contributed by atoms with Crippen molar-refractivity contribution >= 4 is 0 Å². The summed E-state index contributed by atoms with van der Waals surface area (Å²) in [5.74, 6) is 2.73. The zero-order valence-electron chi connectivity index (χ0n) is 32.8. The number of ether oxygens (including phenoxy) is 6. The molecule has 0 saturated carbocycles. The van der Waals surface area contributed by atoms with Crippen molar-refractivity contribution < 1.29 is 38.6 Å². The molecule has 280 valence electrons. The summed E-state index contributed by atoms with van der Waals surface area (Å²) in [7, 11) is 3.26. The number of rotatable bonds is 21. The summed E-state index contributed by atoms with van der Waals surface area (Å²) in [6.07, 6.45) is 2.91. The third kappa shape index (κ3) is 22.4. The average molecular weight is 681 g/mol. The highest BCUT2D eigenvalue weighted by Crippen LogP contribution is 2.39. The average Bonchev–Trinajstić information content (AvgIpc) is 3.07. The quantitative estimate of drug-likeness (QED) is 0.126. The first-order chi connectivity index (χ1) is 23.0. The van der Waals surface area contributed by atoms with Gasteiger partial charge in [0.2, 0.25) is 0 Å². The molecule has 0 amide bonds. The first-order valence-corrected chi connectivity index (χ1v) is 17.9. The molecule has 0 heterocycles. The SMILES string of the molecule is CC.CC.CC(C)CCOC(C)COCCOCCOC(C)(C)CCO.COc1cc(CO)cc(OC)c1-c1ccc(CC(C)C)cc1. The number of aliphatic hydroxyl groups excluding tert-OH is 2. The molecule has 0 radical (unpaired) electrons. The highest BCUT2D eigenvalue weighted by atomic mass is 16.6. The lowest BCUT2D eigenvalue weighted by atomic mass is 9.97. The highest BCUT2D eigenvalue weighted by molar-refractivity contribution is 5.77. The van der Waals surface area contributed by atoms with E-state index in [1.165, 1.54) is 5.56 Å². The molecule has 48 heavy (non-hydrogen) atoms. The Bertz CT molecular complexity index is 980. The highest BCUT2D eigenvalue weighted by Gasteiger charge is 2.17. The van der Waals surface area contributed by atoms with E-state index in [0.29, 0.717) is 62.8 Å². The Morgan fingerprint density at radius 1 is 0.688 bits per heavy atom. The zero-order chi connectivity index (χ0) is 37.0. The topological polar surface area (TPSA) is 95.8 Å². The van der Waals surface area contributed by atoms with Crippen molar-refractivity contribution in [3.05, 3.63) is 47.5 Å². The van der Waals surface area contributed by atoms with Gasteiger partial charge >= 0.3 is 0 Å². The van der Waals surface area contributed by atoms with Crippen molar-refractivity contribution in [2.45, 2.75) is 114 Å². The van der Waals surface area contributed by atoms with Gasteiger partial charge in [0.1, 0.15) is 11.5 Å². The van der Waals surface area contributed by atoms with Crippen LogP contribution in [-0.2, 0) is 32.0 Å². The van der Waals surface area contributed by atoms with Gasteiger partial charge in [-0.1, -0.05) is 79.7 Å². The normalized spacial score (nSPS) is 11.5. The van der Waals surface area contributed by atoms with E-state index in [2.05, 4.69) is 52.0 Å². The minimum atomic E-state index is -0.294. The third-order valence-corrected chi connectivity index (χ3v) is 6.89. The zero-order valence-corrected chi connectivity index (χ0v) is 32.8. The van der Waals surface area contributed by atoms with Gasteiger partial charge in [-0.25, -0.2) is 0 Å². The number of hydrogen-bond donors (Lipinski definition) is 2. The van der Waals surface area contributed by atoms with Crippen LogP contribution in [0.5, 0.6) is 11.5 Å². The number of benzene rings is 2. The lowest BCUT2D eigenvalue weighted by Gasteiger charge is -2.24. The maximum Gasteiger partial charge on any atom is 0.130 e. The predicted octanol–water partition coefficient (Wildman–Crippen LogP) is 8.76. The number of methoxy groups -OCH3 is 2. The maximum atomic E-state index is 9.35. The Hall–Kier alpha value is -2.20. The number of aliphatic hydroxyl groups is 2. The molecule has 8 nitrogen and oxygen atoms in total. The van der Waals surface area contributed by atoms with E-state index in [4.69, 9.17) is 33.5 Å². The van der Waals surface area contributed by atoms with Crippen LogP contribution in [0, 0.1) is 11.8 Å². The van der Waals surface area contributed by atoms with Crippen LogP contribution in [-0.4, -0.2) is 82.4 Å². The molecule has 2 N–H and O–H groups in total. The van der Waals surface area contributed by atoms with Gasteiger partial charge in [0.05, 0.1) is 71.1 Å². The molecule has 0 aromatic heterocycles. The molecule has 2 aromatic rings. The van der Waals surface area contributed by atoms with E-state index >= 15 is 0 Å². The summed E-state index contributed by atoms with van der Waals surface area (Å²) >= 11 is 0. The minimum Gasteiger partial charge on any atom is -0.496 e. The molecule has 2 aromatic carbocycles. The van der Waals surface area contributed by atoms with Gasteiger partial charge in [0.25, 0.3) is 0 Å². The standard InChI is InChI=1S/C19H24O3.C17H36O5.2C2H6/c1-13(2)9-14-5-7-16(8-6-14)19-17(21-3)10-15(12-20)11-18(19)22-4;1-15(2)6-9-21-16(3)14-20-11-10-19-12-13-22-17(4,5)7-8-18;2*1-2/h5-8,10-11,13,20H,9,12H2,1-4H3;15-16,18H,6-14H2,1-5H3;2*1-2H3. The Morgan fingerprint density at radius 3 is 1.71 bits per heavy atom. The van der Waals surface area contributed by atoms with Gasteiger partial charge in [-0.3, -0.25) is 0 Å². The van der Waals surface area contributed by atoms with Crippen LogP contribution >= 0.6 is 0 Å². The summed E-state index contributed by atoms with van der Waals surface area (Å²) in [5.41, 5.74) is 3.76. The van der Waals surface area contributed by atoms with Crippen molar-refractivity contribution in [2.24, 2.45) is 11.8 Å². The van der Waals surface area contributed by atoms with E-state index in [1.54, 1.807) is 14.2 Å². The second-order valence-electron chi connectivity index (χ2n) is 12.5. The summed E-state index contributed by atoms with van der Waals surface area (Å²) in [6.45, 7) is 26.5. The molecule has 2 rings (SSSR count). The van der Waals surface area contributed by atoms with Gasteiger partial charge in [-0.15, -0.1) is 0 Å². The fourth-order valence-corrected chi connectivity index (χ4v) is 4.36. The molecule has 1 unspecified atom stereocenters. The Morgan fingerprint density at radius 2 is 1.23 bits per heavy atom. The fourth-order valence-electron chi connectivity index (χ4n) is 4.36. The molecule has 0 aliphatic rings. The first kappa shape index (κ1) is 47.9. The summed E-state index contributed by atoms with van der Waals surface area (Å²) in [6, 6.07) is 12.2. The fraction of sp³-hybridized carbons (Fsp3) is 0.700. The van der Waals surface area contributed by atoms with E-state index in [1.807, 2.05) is 60.6 Å². The van der Waals surface area contributed by atoms with Gasteiger partial charge in [0, 0.05) is 13.2 Å². The lowest BCUT2D eigenvalue weighted by molar-refractivity contribution is -0.0661. The largest absolute Gasteiger partial charge is 0.496 e. The second kappa shape index (κ2) is 29.7.